The molecule has 0 aliphatic heterocycles. The molecule has 0 saturated heterocycles. The Morgan fingerprint density at radius 2 is 2.25 bits per heavy atom. The van der Waals surface area contributed by atoms with Crippen LogP contribution in [0.5, 0.6) is 0 Å². The van der Waals surface area contributed by atoms with Gasteiger partial charge in [0.1, 0.15) is 17.3 Å². The van der Waals surface area contributed by atoms with Gasteiger partial charge in [-0.25, -0.2) is 4.98 Å². The van der Waals surface area contributed by atoms with Gasteiger partial charge >= 0.3 is 0 Å². The molecule has 1 saturated carbocycles. The maximum absolute atomic E-state index is 6.29. The Morgan fingerprint density at radius 3 is 2.80 bits per heavy atom. The average molecular weight is 271 g/mol. The van der Waals surface area contributed by atoms with E-state index in [1.807, 2.05) is 23.2 Å². The van der Waals surface area contributed by atoms with Crippen molar-refractivity contribution < 1.29 is 0 Å². The molecule has 20 heavy (non-hydrogen) atoms. The molecule has 0 amide bonds. The van der Waals surface area contributed by atoms with Crippen LogP contribution >= 0.6 is 0 Å². The normalized spacial score (nSPS) is 14.9. The molecule has 1 fully saturated rings. The topological polar surface area (TPSA) is 61.7 Å². The van der Waals surface area contributed by atoms with Crippen molar-refractivity contribution >= 4 is 5.82 Å². The lowest BCUT2D eigenvalue weighted by Gasteiger charge is -2.05. The Hall–Kier alpha value is -2.04. The number of anilines is 1. The molecule has 0 atom stereocenters. The lowest BCUT2D eigenvalue weighted by atomic mass is 10.2. The summed E-state index contributed by atoms with van der Waals surface area (Å²) >= 11 is 0. The molecule has 2 aromatic rings. The number of allylic oxidation sites excluding steroid dienone is 1. The molecule has 5 heteroatoms. The van der Waals surface area contributed by atoms with Gasteiger partial charge in [-0.3, -0.25) is 4.68 Å². The van der Waals surface area contributed by atoms with Crippen molar-refractivity contribution in [2.24, 2.45) is 0 Å². The average Bonchev–Trinajstić information content (AvgIpc) is 3.04. The van der Waals surface area contributed by atoms with Crippen molar-refractivity contribution in [3.63, 3.8) is 0 Å². The van der Waals surface area contributed by atoms with Crippen LogP contribution in [0.1, 0.15) is 44.5 Å². The van der Waals surface area contributed by atoms with Gasteiger partial charge < -0.3 is 10.3 Å². The Morgan fingerprint density at radius 1 is 1.50 bits per heavy atom. The monoisotopic (exact) mass is 271 g/mol. The molecule has 5 nitrogen and oxygen atoms in total. The molecule has 0 spiro atoms. The van der Waals surface area contributed by atoms with Crippen LogP contribution in [0.15, 0.2) is 25.0 Å². The fraction of sp³-hybridized carbons (Fsp3) is 0.467. The standard InChI is InChI=1S/C15H21N5/c1-4-7-19-14(16)13(18-15(19)11-5-6-11)12-8-17-20(9-12)10(2)3/h4,8-11H,1,5-7,16H2,2-3H3. The number of nitrogens with zero attached hydrogens (tertiary/aromatic N) is 4. The highest BCUT2D eigenvalue weighted by molar-refractivity contribution is 5.70. The zero-order valence-corrected chi connectivity index (χ0v) is 12.1. The largest absolute Gasteiger partial charge is 0.383 e. The predicted molar refractivity (Wildman–Crippen MR) is 80.4 cm³/mol. The van der Waals surface area contributed by atoms with E-state index in [4.69, 9.17) is 10.7 Å². The van der Waals surface area contributed by atoms with Gasteiger partial charge in [0.15, 0.2) is 0 Å². The zero-order chi connectivity index (χ0) is 14.3. The number of hydrogen-bond donors (Lipinski definition) is 1. The van der Waals surface area contributed by atoms with E-state index in [0.717, 1.165) is 22.9 Å². The first-order valence-electron chi connectivity index (χ1n) is 7.13. The van der Waals surface area contributed by atoms with E-state index < -0.39 is 0 Å². The van der Waals surface area contributed by atoms with Crippen molar-refractivity contribution in [3.8, 4) is 11.3 Å². The van der Waals surface area contributed by atoms with Gasteiger partial charge in [0.25, 0.3) is 0 Å². The highest BCUT2D eigenvalue weighted by Crippen LogP contribution is 2.42. The Kier molecular flexibility index (Phi) is 3.12. The van der Waals surface area contributed by atoms with Crippen molar-refractivity contribution in [1.82, 2.24) is 19.3 Å². The van der Waals surface area contributed by atoms with Crippen LogP contribution < -0.4 is 5.73 Å². The van der Waals surface area contributed by atoms with E-state index in [9.17, 15) is 0 Å². The van der Waals surface area contributed by atoms with Crippen LogP contribution in [-0.2, 0) is 6.54 Å². The highest BCUT2D eigenvalue weighted by atomic mass is 15.3. The molecule has 1 aliphatic carbocycles. The summed E-state index contributed by atoms with van der Waals surface area (Å²) < 4.78 is 4.00. The second kappa shape index (κ2) is 4.81. The van der Waals surface area contributed by atoms with Gasteiger partial charge in [-0.1, -0.05) is 6.08 Å². The highest BCUT2D eigenvalue weighted by Gasteiger charge is 2.30. The van der Waals surface area contributed by atoms with Gasteiger partial charge in [-0.15, -0.1) is 6.58 Å². The molecule has 2 N–H and O–H groups in total. The van der Waals surface area contributed by atoms with E-state index in [-0.39, 0.29) is 0 Å². The summed E-state index contributed by atoms with van der Waals surface area (Å²) in [6, 6.07) is 0.336. The van der Waals surface area contributed by atoms with Crippen LogP contribution in [0.2, 0.25) is 0 Å². The summed E-state index contributed by atoms with van der Waals surface area (Å²) in [5.74, 6) is 2.37. The molecule has 0 unspecified atom stereocenters. The molecule has 1 aliphatic rings. The fourth-order valence-corrected chi connectivity index (χ4v) is 2.41. The summed E-state index contributed by atoms with van der Waals surface area (Å²) in [7, 11) is 0. The molecule has 3 rings (SSSR count). The quantitative estimate of drug-likeness (QED) is 0.850. The Labute approximate surface area is 119 Å². The van der Waals surface area contributed by atoms with E-state index >= 15 is 0 Å². The predicted octanol–water partition coefficient (Wildman–Crippen LogP) is 2.97. The maximum Gasteiger partial charge on any atom is 0.132 e. The second-order valence-corrected chi connectivity index (χ2v) is 5.68. The van der Waals surface area contributed by atoms with Gasteiger partial charge in [0, 0.05) is 30.3 Å². The van der Waals surface area contributed by atoms with Crippen LogP contribution in [-0.4, -0.2) is 19.3 Å². The van der Waals surface area contributed by atoms with E-state index in [2.05, 4.69) is 30.1 Å². The lowest BCUT2D eigenvalue weighted by Crippen LogP contribution is -2.05. The van der Waals surface area contributed by atoms with Crippen LogP contribution in [0, 0.1) is 0 Å². The maximum atomic E-state index is 6.29. The van der Waals surface area contributed by atoms with E-state index in [1.54, 1.807) is 0 Å². The molecular weight excluding hydrogens is 250 g/mol. The van der Waals surface area contributed by atoms with Gasteiger partial charge in [-0.2, -0.15) is 5.10 Å². The number of rotatable bonds is 5. The number of nitrogens with two attached hydrogens (primary N) is 1. The minimum Gasteiger partial charge on any atom is -0.383 e. The number of nitrogen functional groups attached to an aromatic ring is 1. The first-order chi connectivity index (χ1) is 9.61. The van der Waals surface area contributed by atoms with Gasteiger partial charge in [0.05, 0.1) is 6.20 Å². The first kappa shape index (κ1) is 13.0. The van der Waals surface area contributed by atoms with Crippen molar-refractivity contribution in [1.29, 1.82) is 0 Å². The van der Waals surface area contributed by atoms with E-state index in [1.165, 1.54) is 12.8 Å². The molecule has 0 radical (unpaired) electrons. The molecule has 106 valence electrons. The first-order valence-corrected chi connectivity index (χ1v) is 7.13. The minimum atomic E-state index is 0.336. The zero-order valence-electron chi connectivity index (χ0n) is 12.1. The lowest BCUT2D eigenvalue weighted by molar-refractivity contribution is 0.532. The van der Waals surface area contributed by atoms with Gasteiger partial charge in [0.2, 0.25) is 0 Å². The Bertz CT molecular complexity index is 631. The second-order valence-electron chi connectivity index (χ2n) is 5.68. The number of imidazole rings is 1. The number of aromatic nitrogens is 4. The molecule has 0 aromatic carbocycles. The molecular formula is C15H21N5. The van der Waals surface area contributed by atoms with Crippen molar-refractivity contribution in [2.75, 3.05) is 5.73 Å². The summed E-state index contributed by atoms with van der Waals surface area (Å²) in [6.45, 7) is 8.72. The van der Waals surface area contributed by atoms with E-state index in [0.29, 0.717) is 18.5 Å². The molecule has 0 bridgehead atoms. The third kappa shape index (κ3) is 2.13. The Balaban J connectivity index is 2.03. The third-order valence-electron chi connectivity index (χ3n) is 3.69. The van der Waals surface area contributed by atoms with Gasteiger partial charge in [-0.05, 0) is 26.7 Å². The van der Waals surface area contributed by atoms with Crippen LogP contribution in [0.3, 0.4) is 0 Å². The summed E-state index contributed by atoms with van der Waals surface area (Å²) in [4.78, 5) is 4.77. The fourth-order valence-electron chi connectivity index (χ4n) is 2.41. The summed E-state index contributed by atoms with van der Waals surface area (Å²) in [6.07, 6.45) is 8.13. The van der Waals surface area contributed by atoms with Crippen molar-refractivity contribution in [3.05, 3.63) is 30.9 Å². The molecule has 2 heterocycles. The smallest absolute Gasteiger partial charge is 0.132 e. The SMILES string of the molecule is C=CCn1c(C2CC2)nc(-c2cnn(C(C)C)c2)c1N. The van der Waals surface area contributed by atoms with Crippen LogP contribution in [0.25, 0.3) is 11.3 Å². The van der Waals surface area contributed by atoms with Crippen molar-refractivity contribution in [2.45, 2.75) is 45.2 Å². The summed E-state index contributed by atoms with van der Waals surface area (Å²) in [5, 5.41) is 4.37. The number of hydrogen-bond acceptors (Lipinski definition) is 3. The van der Waals surface area contributed by atoms with Crippen LogP contribution in [0.4, 0.5) is 5.82 Å². The minimum absolute atomic E-state index is 0.336. The third-order valence-corrected chi connectivity index (χ3v) is 3.69. The summed E-state index contributed by atoms with van der Waals surface area (Å²) in [5.41, 5.74) is 8.12. The molecule has 2 aromatic heterocycles.